The summed E-state index contributed by atoms with van der Waals surface area (Å²) in [5.74, 6) is 1.64. The summed E-state index contributed by atoms with van der Waals surface area (Å²) in [5, 5.41) is 6.37. The van der Waals surface area contributed by atoms with Crippen molar-refractivity contribution in [2.75, 3.05) is 35.9 Å². The number of anilines is 1. The van der Waals surface area contributed by atoms with E-state index in [1.807, 2.05) is 30.2 Å². The molecule has 0 unspecified atom stereocenters. The normalized spacial score (nSPS) is 10.5. The van der Waals surface area contributed by atoms with Gasteiger partial charge in [0.05, 0.1) is 5.75 Å². The first-order valence-corrected chi connectivity index (χ1v) is 9.81. The predicted octanol–water partition coefficient (Wildman–Crippen LogP) is 3.05. The number of rotatable bonds is 8. The molecule has 0 saturated heterocycles. The van der Waals surface area contributed by atoms with Gasteiger partial charge in [-0.2, -0.15) is 23.5 Å². The highest BCUT2D eigenvalue weighted by Gasteiger charge is 2.07. The third kappa shape index (κ3) is 6.87. The summed E-state index contributed by atoms with van der Waals surface area (Å²) in [6.07, 6.45) is 4.03. The summed E-state index contributed by atoms with van der Waals surface area (Å²) in [6, 6.07) is 6.10. The summed E-state index contributed by atoms with van der Waals surface area (Å²) in [4.78, 5) is 11.7. The van der Waals surface area contributed by atoms with E-state index < -0.39 is 0 Å². The van der Waals surface area contributed by atoms with Gasteiger partial charge in [0.15, 0.2) is 0 Å². The van der Waals surface area contributed by atoms with E-state index in [2.05, 4.69) is 45.5 Å². The fourth-order valence-corrected chi connectivity index (χ4v) is 2.78. The van der Waals surface area contributed by atoms with Crippen molar-refractivity contribution >= 4 is 57.7 Å². The van der Waals surface area contributed by atoms with Gasteiger partial charge in [0.2, 0.25) is 5.91 Å². The van der Waals surface area contributed by atoms with Crippen molar-refractivity contribution in [3.05, 3.63) is 27.3 Å². The van der Waals surface area contributed by atoms with E-state index in [0.29, 0.717) is 5.75 Å². The van der Waals surface area contributed by atoms with Crippen molar-refractivity contribution in [3.63, 3.8) is 0 Å². The zero-order valence-corrected chi connectivity index (χ0v) is 15.0. The second-order valence-corrected chi connectivity index (χ2v) is 7.05. The van der Waals surface area contributed by atoms with Gasteiger partial charge in [-0.1, -0.05) is 0 Å². The number of amides is 1. The highest BCUT2D eigenvalue weighted by molar-refractivity contribution is 14.1. The Morgan fingerprint density at radius 1 is 1.32 bits per heavy atom. The molecule has 3 nitrogen and oxygen atoms in total. The molecule has 0 fully saturated rings. The Kier molecular flexibility index (Phi) is 8.93. The molecule has 0 aromatic heterocycles. The van der Waals surface area contributed by atoms with Gasteiger partial charge in [-0.3, -0.25) is 4.79 Å². The molecule has 19 heavy (non-hydrogen) atoms. The van der Waals surface area contributed by atoms with Gasteiger partial charge in [-0.05, 0) is 58.9 Å². The van der Waals surface area contributed by atoms with E-state index in [1.165, 1.54) is 15.3 Å². The third-order valence-corrected chi connectivity index (χ3v) is 4.25. The van der Waals surface area contributed by atoms with E-state index in [9.17, 15) is 4.79 Å². The first-order valence-electron chi connectivity index (χ1n) is 5.94. The molecule has 6 heteroatoms. The number of carbonyl (C=O) groups is 1. The van der Waals surface area contributed by atoms with Gasteiger partial charge in [-0.25, -0.2) is 0 Å². The minimum Gasteiger partial charge on any atom is -0.325 e. The van der Waals surface area contributed by atoms with Crippen LogP contribution in [0.4, 0.5) is 5.69 Å². The zero-order valence-electron chi connectivity index (χ0n) is 11.2. The summed E-state index contributed by atoms with van der Waals surface area (Å²) in [5.41, 5.74) is 2.05. The van der Waals surface area contributed by atoms with Crippen molar-refractivity contribution in [2.24, 2.45) is 0 Å². The van der Waals surface area contributed by atoms with E-state index in [-0.39, 0.29) is 5.91 Å². The van der Waals surface area contributed by atoms with Crippen molar-refractivity contribution in [1.82, 2.24) is 5.32 Å². The minimum absolute atomic E-state index is 0.0547. The van der Waals surface area contributed by atoms with Gasteiger partial charge in [0, 0.05) is 28.1 Å². The molecule has 2 N–H and O–H groups in total. The molecule has 0 spiro atoms. The molecule has 0 saturated carbocycles. The number of nitrogens with one attached hydrogen (secondary N) is 2. The molecule has 1 rings (SSSR count). The van der Waals surface area contributed by atoms with E-state index in [1.54, 1.807) is 0 Å². The van der Waals surface area contributed by atoms with Crippen molar-refractivity contribution in [1.29, 1.82) is 0 Å². The first kappa shape index (κ1) is 17.1. The number of benzene rings is 1. The van der Waals surface area contributed by atoms with Gasteiger partial charge in [0.1, 0.15) is 0 Å². The molecule has 0 heterocycles. The molecule has 0 atom stereocenters. The van der Waals surface area contributed by atoms with E-state index in [4.69, 9.17) is 0 Å². The minimum atomic E-state index is 0.0547. The summed E-state index contributed by atoms with van der Waals surface area (Å²) < 4.78 is 1.18. The van der Waals surface area contributed by atoms with Crippen molar-refractivity contribution in [3.8, 4) is 0 Å². The van der Waals surface area contributed by atoms with Crippen molar-refractivity contribution < 1.29 is 4.79 Å². The van der Waals surface area contributed by atoms with E-state index >= 15 is 0 Å². The Labute approximate surface area is 137 Å². The fraction of sp³-hybridized carbons (Fsp3) is 0.462. The van der Waals surface area contributed by atoms with Crippen LogP contribution in [0.15, 0.2) is 18.2 Å². The largest absolute Gasteiger partial charge is 0.325 e. The molecular weight excluding hydrogens is 391 g/mol. The van der Waals surface area contributed by atoms with Gasteiger partial charge in [-0.15, -0.1) is 0 Å². The third-order valence-electron chi connectivity index (χ3n) is 2.42. The smallest absolute Gasteiger partial charge is 0.234 e. The monoisotopic (exact) mass is 410 g/mol. The average molecular weight is 410 g/mol. The first-order chi connectivity index (χ1) is 9.17. The number of carbonyl (C=O) groups excluding carboxylic acids is 1. The van der Waals surface area contributed by atoms with Crippen LogP contribution in [0.3, 0.4) is 0 Å². The van der Waals surface area contributed by atoms with Crippen LogP contribution in [0.25, 0.3) is 0 Å². The van der Waals surface area contributed by atoms with Crippen LogP contribution in [0.5, 0.6) is 0 Å². The Bertz CT molecular complexity index is 416. The van der Waals surface area contributed by atoms with Crippen LogP contribution in [0.2, 0.25) is 0 Å². The SMILES string of the molecule is CSCCNCc1cc(I)ccc1NC(=O)CSC. The lowest BCUT2D eigenvalue weighted by Gasteiger charge is -2.12. The van der Waals surface area contributed by atoms with Gasteiger partial charge >= 0.3 is 0 Å². The van der Waals surface area contributed by atoms with Crippen LogP contribution in [0, 0.1) is 3.57 Å². The molecule has 1 aromatic carbocycles. The quantitative estimate of drug-likeness (QED) is 0.511. The fourth-order valence-electron chi connectivity index (χ4n) is 1.55. The Balaban J connectivity index is 2.65. The summed E-state index contributed by atoms with van der Waals surface area (Å²) >= 11 is 5.65. The van der Waals surface area contributed by atoms with Crippen LogP contribution < -0.4 is 10.6 Å². The molecule has 106 valence electrons. The molecule has 1 amide bonds. The van der Waals surface area contributed by atoms with Crippen LogP contribution in [-0.4, -0.2) is 36.5 Å². The number of hydrogen-bond acceptors (Lipinski definition) is 4. The lowest BCUT2D eigenvalue weighted by molar-refractivity contribution is -0.113. The molecule has 0 aliphatic heterocycles. The molecule has 0 aliphatic rings. The van der Waals surface area contributed by atoms with E-state index in [0.717, 1.165) is 30.1 Å². The Hall–Kier alpha value is 0.0800. The number of hydrogen-bond donors (Lipinski definition) is 2. The van der Waals surface area contributed by atoms with Gasteiger partial charge in [0.25, 0.3) is 0 Å². The highest BCUT2D eigenvalue weighted by atomic mass is 127. The molecular formula is C13H19IN2OS2. The molecule has 0 aliphatic carbocycles. The maximum atomic E-state index is 11.7. The molecule has 1 aromatic rings. The number of halogens is 1. The standard InChI is InChI=1S/C13H19IN2OS2/c1-18-6-5-15-8-10-7-11(14)3-4-12(10)16-13(17)9-19-2/h3-4,7,15H,5-6,8-9H2,1-2H3,(H,16,17). The average Bonchev–Trinajstić information content (AvgIpc) is 2.38. The topological polar surface area (TPSA) is 41.1 Å². The van der Waals surface area contributed by atoms with Gasteiger partial charge < -0.3 is 10.6 Å². The van der Waals surface area contributed by atoms with Crippen LogP contribution >= 0.6 is 46.1 Å². The van der Waals surface area contributed by atoms with Crippen LogP contribution in [-0.2, 0) is 11.3 Å². The lowest BCUT2D eigenvalue weighted by Crippen LogP contribution is -2.20. The maximum Gasteiger partial charge on any atom is 0.234 e. The second kappa shape index (κ2) is 9.90. The van der Waals surface area contributed by atoms with Crippen LogP contribution in [0.1, 0.15) is 5.56 Å². The lowest BCUT2D eigenvalue weighted by atomic mass is 10.1. The van der Waals surface area contributed by atoms with Crippen molar-refractivity contribution in [2.45, 2.75) is 6.54 Å². The Morgan fingerprint density at radius 2 is 2.11 bits per heavy atom. The predicted molar refractivity (Wildman–Crippen MR) is 96.3 cm³/mol. The summed E-state index contributed by atoms with van der Waals surface area (Å²) in [7, 11) is 0. The molecule has 0 radical (unpaired) electrons. The highest BCUT2D eigenvalue weighted by Crippen LogP contribution is 2.19. The number of thioether (sulfide) groups is 2. The molecule has 0 bridgehead atoms. The summed E-state index contributed by atoms with van der Waals surface area (Å²) in [6.45, 7) is 1.76. The zero-order chi connectivity index (χ0) is 14.1. The Morgan fingerprint density at radius 3 is 2.79 bits per heavy atom. The second-order valence-electron chi connectivity index (χ2n) is 3.95. The maximum absolute atomic E-state index is 11.7.